The van der Waals surface area contributed by atoms with E-state index in [2.05, 4.69) is 15.6 Å². The average Bonchev–Trinajstić information content (AvgIpc) is 3.43. The number of hydrogen-bond donors (Lipinski definition) is 2. The van der Waals surface area contributed by atoms with Crippen molar-refractivity contribution in [3.05, 3.63) is 59.2 Å². The quantitative estimate of drug-likeness (QED) is 0.657. The van der Waals surface area contributed by atoms with Crippen molar-refractivity contribution in [3.63, 3.8) is 0 Å². The van der Waals surface area contributed by atoms with Gasteiger partial charge in [-0.25, -0.2) is 13.8 Å². The Bertz CT molecular complexity index is 1020. The van der Waals surface area contributed by atoms with Crippen LogP contribution in [-0.2, 0) is 11.4 Å². The lowest BCUT2D eigenvalue weighted by Gasteiger charge is -2.37. The van der Waals surface area contributed by atoms with Gasteiger partial charge in [-0.3, -0.25) is 4.79 Å². The van der Waals surface area contributed by atoms with Gasteiger partial charge in [0.1, 0.15) is 12.4 Å². The van der Waals surface area contributed by atoms with Gasteiger partial charge in [0.15, 0.2) is 11.6 Å². The molecule has 0 unspecified atom stereocenters. The molecule has 2 aliphatic carbocycles. The summed E-state index contributed by atoms with van der Waals surface area (Å²) in [5, 5.41) is 6.77. The van der Waals surface area contributed by atoms with Gasteiger partial charge in [0.2, 0.25) is 11.9 Å². The Balaban J connectivity index is 1.23. The number of carbonyl (C=O) groups is 1. The first kappa shape index (κ1) is 21.2. The molecule has 2 atom stereocenters. The van der Waals surface area contributed by atoms with Crippen molar-refractivity contribution in [2.45, 2.75) is 75.1 Å². The minimum Gasteiger partial charge on any atom is -0.485 e. The van der Waals surface area contributed by atoms with Gasteiger partial charge in [-0.05, 0) is 56.7 Å². The molecule has 2 saturated carbocycles. The van der Waals surface area contributed by atoms with Gasteiger partial charge >= 0.3 is 0 Å². The highest BCUT2D eigenvalue weighted by Crippen LogP contribution is 2.47. The van der Waals surface area contributed by atoms with E-state index in [4.69, 9.17) is 4.74 Å². The molecule has 32 heavy (non-hydrogen) atoms. The van der Waals surface area contributed by atoms with Crippen LogP contribution < -0.4 is 15.4 Å². The van der Waals surface area contributed by atoms with Crippen LogP contribution in [0.2, 0.25) is 0 Å². The monoisotopic (exact) mass is 445 g/mol. The topological polar surface area (TPSA) is 63.2 Å². The number of rotatable bonds is 6. The number of pyridine rings is 1. The van der Waals surface area contributed by atoms with Gasteiger partial charge in [0, 0.05) is 53.4 Å². The van der Waals surface area contributed by atoms with Crippen LogP contribution in [0.15, 0.2) is 30.5 Å². The molecule has 2 N–H and O–H groups in total. The zero-order valence-corrected chi connectivity index (χ0v) is 17.7. The lowest BCUT2D eigenvalue weighted by molar-refractivity contribution is -0.120. The van der Waals surface area contributed by atoms with Crippen LogP contribution in [0.1, 0.15) is 62.0 Å². The van der Waals surface area contributed by atoms with Gasteiger partial charge in [-0.2, -0.15) is 4.39 Å². The third-order valence-corrected chi connectivity index (χ3v) is 7.06. The van der Waals surface area contributed by atoms with Crippen LogP contribution in [0, 0.1) is 17.6 Å². The fourth-order valence-electron chi connectivity index (χ4n) is 5.20. The summed E-state index contributed by atoms with van der Waals surface area (Å²) in [5.74, 6) is -2.05. The maximum atomic E-state index is 14.6. The highest BCUT2D eigenvalue weighted by Gasteiger charge is 2.45. The Morgan fingerprint density at radius 2 is 2.00 bits per heavy atom. The van der Waals surface area contributed by atoms with E-state index in [1.54, 1.807) is 6.07 Å². The maximum Gasteiger partial charge on any atom is 0.220 e. The molecule has 1 amide bonds. The lowest BCUT2D eigenvalue weighted by atomic mass is 9.78. The number of halogens is 3. The molecule has 5 rings (SSSR count). The van der Waals surface area contributed by atoms with Crippen molar-refractivity contribution in [1.82, 2.24) is 15.6 Å². The molecule has 2 aromatic rings. The van der Waals surface area contributed by atoms with Crippen LogP contribution in [-0.4, -0.2) is 28.5 Å². The van der Waals surface area contributed by atoms with Gasteiger partial charge in [0.05, 0.1) is 0 Å². The lowest BCUT2D eigenvalue weighted by Crippen LogP contribution is -2.48. The third-order valence-electron chi connectivity index (χ3n) is 7.06. The highest BCUT2D eigenvalue weighted by atomic mass is 19.1. The van der Waals surface area contributed by atoms with Gasteiger partial charge in [-0.1, -0.05) is 0 Å². The van der Waals surface area contributed by atoms with E-state index in [1.165, 1.54) is 18.3 Å². The minimum atomic E-state index is -0.786. The molecule has 0 radical (unpaired) electrons. The molecule has 1 aromatic carbocycles. The normalized spacial score (nSPS) is 29.2. The van der Waals surface area contributed by atoms with E-state index in [0.29, 0.717) is 18.0 Å². The van der Waals surface area contributed by atoms with Gasteiger partial charge in [-0.15, -0.1) is 0 Å². The predicted molar refractivity (Wildman–Crippen MR) is 112 cm³/mol. The number of nitrogens with zero attached hydrogens (tertiary/aromatic N) is 1. The molecular weight excluding hydrogens is 419 g/mol. The zero-order valence-electron chi connectivity index (χ0n) is 17.7. The molecule has 3 aliphatic rings. The molecule has 2 heterocycles. The first-order valence-corrected chi connectivity index (χ1v) is 11.2. The second-order valence-electron chi connectivity index (χ2n) is 9.27. The molecule has 1 aliphatic heterocycles. The van der Waals surface area contributed by atoms with Crippen molar-refractivity contribution in [2.24, 2.45) is 0 Å². The zero-order chi connectivity index (χ0) is 22.3. The summed E-state index contributed by atoms with van der Waals surface area (Å²) in [6.07, 6.45) is 7.44. The fourth-order valence-corrected chi connectivity index (χ4v) is 5.20. The molecule has 3 fully saturated rings. The Kier molecular flexibility index (Phi) is 5.57. The van der Waals surface area contributed by atoms with Crippen LogP contribution >= 0.6 is 0 Å². The van der Waals surface area contributed by atoms with Gasteiger partial charge in [0.25, 0.3) is 0 Å². The summed E-state index contributed by atoms with van der Waals surface area (Å²) in [7, 11) is 0. The van der Waals surface area contributed by atoms with Crippen LogP contribution in [0.5, 0.6) is 5.75 Å². The third kappa shape index (κ3) is 4.33. The molecule has 1 saturated heterocycles. The second kappa shape index (κ2) is 8.39. The van der Waals surface area contributed by atoms with Crippen molar-refractivity contribution < 1.29 is 22.7 Å². The molecule has 1 spiro atoms. The van der Waals surface area contributed by atoms with E-state index in [9.17, 15) is 18.0 Å². The molecule has 1 aromatic heterocycles. The molecule has 0 bridgehead atoms. The SMILES string of the molecule is O=C1CCC2(CCC(N[C@@H]3C[C@H]3c3cc(F)cc(F)c3OCc3cccnc3F)CC2)N1. The number of amides is 1. The minimum absolute atomic E-state index is 0.0276. The van der Waals surface area contributed by atoms with E-state index in [0.717, 1.165) is 44.6 Å². The van der Waals surface area contributed by atoms with Crippen molar-refractivity contribution in [1.29, 1.82) is 0 Å². The Morgan fingerprint density at radius 1 is 1.19 bits per heavy atom. The van der Waals surface area contributed by atoms with Crippen molar-refractivity contribution >= 4 is 5.91 Å². The standard InChI is InChI=1S/C24H26F3N3O2/c25-15-10-18(22(19(26)11-15)32-13-14-2-1-9-28-23(14)27)17-12-20(17)29-16-3-6-24(7-4-16)8-5-21(31)30-24/h1-2,9-11,16-17,20,29H,3-8,12-13H2,(H,30,31)/t16?,17-,20+,24?/m0/s1. The summed E-state index contributed by atoms with van der Waals surface area (Å²) >= 11 is 0. The van der Waals surface area contributed by atoms with Crippen LogP contribution in [0.3, 0.4) is 0 Å². The maximum absolute atomic E-state index is 14.6. The van der Waals surface area contributed by atoms with Crippen molar-refractivity contribution in [3.8, 4) is 5.75 Å². The molecule has 8 heteroatoms. The Morgan fingerprint density at radius 3 is 2.72 bits per heavy atom. The predicted octanol–water partition coefficient (Wildman–Crippen LogP) is 4.11. The van der Waals surface area contributed by atoms with E-state index < -0.39 is 17.6 Å². The number of aromatic nitrogens is 1. The number of ether oxygens (including phenoxy) is 1. The first-order valence-electron chi connectivity index (χ1n) is 11.2. The molecule has 170 valence electrons. The fraction of sp³-hybridized carbons (Fsp3) is 0.500. The van der Waals surface area contributed by atoms with E-state index in [1.807, 2.05) is 0 Å². The number of benzene rings is 1. The Hall–Kier alpha value is -2.61. The van der Waals surface area contributed by atoms with Crippen LogP contribution in [0.4, 0.5) is 13.2 Å². The van der Waals surface area contributed by atoms with Crippen LogP contribution in [0.25, 0.3) is 0 Å². The Labute approximate surface area is 184 Å². The number of hydrogen-bond acceptors (Lipinski definition) is 4. The average molecular weight is 445 g/mol. The second-order valence-corrected chi connectivity index (χ2v) is 9.27. The molecular formula is C24H26F3N3O2. The summed E-state index contributed by atoms with van der Waals surface area (Å²) in [5.41, 5.74) is 0.648. The summed E-state index contributed by atoms with van der Waals surface area (Å²) in [6.45, 7) is -0.184. The van der Waals surface area contributed by atoms with E-state index >= 15 is 0 Å². The summed E-state index contributed by atoms with van der Waals surface area (Å²) in [6, 6.07) is 5.64. The smallest absolute Gasteiger partial charge is 0.220 e. The van der Waals surface area contributed by atoms with Crippen molar-refractivity contribution in [2.75, 3.05) is 0 Å². The molecule has 5 nitrogen and oxygen atoms in total. The first-order chi connectivity index (χ1) is 15.4. The highest BCUT2D eigenvalue weighted by molar-refractivity contribution is 5.79. The van der Waals surface area contributed by atoms with Gasteiger partial charge < -0.3 is 15.4 Å². The number of carbonyl (C=O) groups excluding carboxylic acids is 1. The number of nitrogens with one attached hydrogen (secondary N) is 2. The summed E-state index contributed by atoms with van der Waals surface area (Å²) < 4.78 is 48.0. The van der Waals surface area contributed by atoms with E-state index in [-0.39, 0.29) is 41.3 Å². The largest absolute Gasteiger partial charge is 0.485 e. The summed E-state index contributed by atoms with van der Waals surface area (Å²) in [4.78, 5) is 15.2.